The van der Waals surface area contributed by atoms with Crippen LogP contribution in [-0.2, 0) is 9.53 Å². The molecule has 0 heterocycles. The highest BCUT2D eigenvalue weighted by Gasteiger charge is 2.28. The molecule has 0 radical (unpaired) electrons. The van der Waals surface area contributed by atoms with Crippen LogP contribution in [-0.4, -0.2) is 23.8 Å². The van der Waals surface area contributed by atoms with Crippen molar-refractivity contribution in [1.29, 1.82) is 0 Å². The monoisotopic (exact) mass is 184 g/mol. The first kappa shape index (κ1) is 10.3. The lowest BCUT2D eigenvalue weighted by atomic mass is 9.84. The molecule has 0 saturated heterocycles. The molecule has 0 spiro atoms. The first-order valence-corrected chi connectivity index (χ1v) is 4.66. The van der Waals surface area contributed by atoms with Crippen molar-refractivity contribution in [3.63, 3.8) is 0 Å². The van der Waals surface area contributed by atoms with Crippen molar-refractivity contribution in [1.82, 2.24) is 0 Å². The normalized spacial score (nSPS) is 21.9. The van der Waals surface area contributed by atoms with E-state index in [1.807, 2.05) is 0 Å². The van der Waals surface area contributed by atoms with Gasteiger partial charge in [0.1, 0.15) is 0 Å². The topological polar surface area (TPSA) is 46.5 Å². The van der Waals surface area contributed by atoms with Crippen LogP contribution in [0.1, 0.15) is 32.1 Å². The first-order valence-electron chi connectivity index (χ1n) is 4.66. The second kappa shape index (κ2) is 4.42. The third-order valence-corrected chi connectivity index (χ3v) is 2.64. The van der Waals surface area contributed by atoms with Crippen molar-refractivity contribution >= 4 is 5.97 Å². The van der Waals surface area contributed by atoms with Gasteiger partial charge in [0.15, 0.2) is 0 Å². The zero-order chi connectivity index (χ0) is 9.73. The van der Waals surface area contributed by atoms with Gasteiger partial charge in [-0.3, -0.25) is 0 Å². The highest BCUT2D eigenvalue weighted by atomic mass is 16.5. The van der Waals surface area contributed by atoms with Gasteiger partial charge in [-0.15, -0.1) is 0 Å². The molecular weight excluding hydrogens is 168 g/mol. The summed E-state index contributed by atoms with van der Waals surface area (Å²) >= 11 is 0. The molecule has 1 N–H and O–H groups in total. The van der Waals surface area contributed by atoms with E-state index < -0.39 is 5.97 Å². The van der Waals surface area contributed by atoms with E-state index in [0.717, 1.165) is 25.7 Å². The molecule has 0 unspecified atom stereocenters. The van der Waals surface area contributed by atoms with Crippen LogP contribution in [0.15, 0.2) is 12.2 Å². The van der Waals surface area contributed by atoms with Crippen molar-refractivity contribution < 1.29 is 14.6 Å². The molecule has 1 fully saturated rings. The molecule has 0 aromatic carbocycles. The van der Waals surface area contributed by atoms with Gasteiger partial charge in [-0.25, -0.2) is 4.79 Å². The Morgan fingerprint density at radius 3 is 2.46 bits per heavy atom. The predicted molar refractivity (Wildman–Crippen MR) is 49.6 cm³/mol. The number of ether oxygens (including phenoxy) is 1. The third kappa shape index (κ3) is 2.84. The highest BCUT2D eigenvalue weighted by Crippen LogP contribution is 2.32. The minimum absolute atomic E-state index is 0.309. The minimum Gasteiger partial charge on any atom is -0.478 e. The fourth-order valence-corrected chi connectivity index (χ4v) is 1.81. The summed E-state index contributed by atoms with van der Waals surface area (Å²) in [6.07, 6.45) is 8.23. The van der Waals surface area contributed by atoms with Crippen LogP contribution >= 0.6 is 0 Å². The second-order valence-electron chi connectivity index (χ2n) is 3.50. The number of carboxylic acids is 1. The summed E-state index contributed by atoms with van der Waals surface area (Å²) in [4.78, 5) is 10.4. The Hall–Kier alpha value is -0.830. The van der Waals surface area contributed by atoms with E-state index in [2.05, 4.69) is 0 Å². The number of aliphatic carboxylic acids is 1. The van der Waals surface area contributed by atoms with Crippen molar-refractivity contribution in [3.05, 3.63) is 12.2 Å². The zero-order valence-electron chi connectivity index (χ0n) is 7.95. The number of hydrogen-bond donors (Lipinski definition) is 1. The average molecular weight is 184 g/mol. The summed E-state index contributed by atoms with van der Waals surface area (Å²) in [5.41, 5.74) is -0.309. The van der Waals surface area contributed by atoms with E-state index in [9.17, 15) is 4.79 Å². The van der Waals surface area contributed by atoms with Gasteiger partial charge in [0, 0.05) is 13.2 Å². The SMILES string of the molecule is COC1(/C=C/C(=O)O)CCCCC1. The third-order valence-electron chi connectivity index (χ3n) is 2.64. The van der Waals surface area contributed by atoms with Gasteiger partial charge in [0.2, 0.25) is 0 Å². The Morgan fingerprint density at radius 1 is 1.38 bits per heavy atom. The van der Waals surface area contributed by atoms with Crippen LogP contribution in [0.25, 0.3) is 0 Å². The Kier molecular flexibility index (Phi) is 3.48. The average Bonchev–Trinajstić information content (AvgIpc) is 2.16. The minimum atomic E-state index is -0.901. The van der Waals surface area contributed by atoms with Crippen LogP contribution in [0.3, 0.4) is 0 Å². The molecule has 3 heteroatoms. The zero-order valence-corrected chi connectivity index (χ0v) is 7.95. The largest absolute Gasteiger partial charge is 0.478 e. The number of carboxylic acid groups (broad SMARTS) is 1. The maximum Gasteiger partial charge on any atom is 0.328 e. The predicted octanol–water partition coefficient (Wildman–Crippen LogP) is 1.98. The molecule has 1 rings (SSSR count). The lowest BCUT2D eigenvalue weighted by molar-refractivity contribution is -0.131. The molecule has 0 atom stereocenters. The molecule has 74 valence electrons. The van der Waals surface area contributed by atoms with Gasteiger partial charge in [0.25, 0.3) is 0 Å². The van der Waals surface area contributed by atoms with Crippen molar-refractivity contribution in [2.45, 2.75) is 37.7 Å². The molecule has 0 amide bonds. The van der Waals surface area contributed by atoms with Crippen LogP contribution in [0.5, 0.6) is 0 Å². The van der Waals surface area contributed by atoms with Crippen LogP contribution < -0.4 is 0 Å². The lowest BCUT2D eigenvalue weighted by Crippen LogP contribution is -2.31. The quantitative estimate of drug-likeness (QED) is 0.682. The molecule has 13 heavy (non-hydrogen) atoms. The molecular formula is C10H16O3. The smallest absolute Gasteiger partial charge is 0.328 e. The number of carbonyl (C=O) groups is 1. The standard InChI is InChI=1S/C10H16O3/c1-13-10(8-5-9(11)12)6-3-2-4-7-10/h5,8H,2-4,6-7H2,1H3,(H,11,12)/b8-5+. The Balaban J connectivity index is 2.62. The Bertz CT molecular complexity index is 202. The number of hydrogen-bond acceptors (Lipinski definition) is 2. The van der Waals surface area contributed by atoms with Crippen molar-refractivity contribution in [3.8, 4) is 0 Å². The maximum absolute atomic E-state index is 10.4. The molecule has 0 aliphatic heterocycles. The summed E-state index contributed by atoms with van der Waals surface area (Å²) < 4.78 is 5.38. The summed E-state index contributed by atoms with van der Waals surface area (Å²) in [6.45, 7) is 0. The molecule has 0 bridgehead atoms. The summed E-state index contributed by atoms with van der Waals surface area (Å²) in [5.74, 6) is -0.901. The van der Waals surface area contributed by atoms with Crippen LogP contribution in [0.4, 0.5) is 0 Å². The molecule has 0 aromatic rings. The van der Waals surface area contributed by atoms with Gasteiger partial charge in [-0.05, 0) is 18.9 Å². The Morgan fingerprint density at radius 2 is 2.00 bits per heavy atom. The fraction of sp³-hybridized carbons (Fsp3) is 0.700. The summed E-state index contributed by atoms with van der Waals surface area (Å²) in [6, 6.07) is 0. The van der Waals surface area contributed by atoms with Gasteiger partial charge in [0.05, 0.1) is 5.60 Å². The summed E-state index contributed by atoms with van der Waals surface area (Å²) in [5, 5.41) is 8.51. The molecule has 1 aliphatic carbocycles. The maximum atomic E-state index is 10.4. The van der Waals surface area contributed by atoms with Gasteiger partial charge in [-0.2, -0.15) is 0 Å². The van der Waals surface area contributed by atoms with Gasteiger partial charge < -0.3 is 9.84 Å². The van der Waals surface area contributed by atoms with Crippen LogP contribution in [0, 0.1) is 0 Å². The Labute approximate surface area is 78.4 Å². The van der Waals surface area contributed by atoms with Gasteiger partial charge >= 0.3 is 5.97 Å². The molecule has 3 nitrogen and oxygen atoms in total. The second-order valence-corrected chi connectivity index (χ2v) is 3.50. The van der Waals surface area contributed by atoms with E-state index in [0.29, 0.717) is 0 Å². The molecule has 1 saturated carbocycles. The van der Waals surface area contributed by atoms with E-state index in [-0.39, 0.29) is 5.60 Å². The lowest BCUT2D eigenvalue weighted by Gasteiger charge is -2.32. The number of methoxy groups -OCH3 is 1. The molecule has 1 aliphatic rings. The summed E-state index contributed by atoms with van der Waals surface area (Å²) in [7, 11) is 1.65. The van der Waals surface area contributed by atoms with E-state index in [4.69, 9.17) is 9.84 Å². The van der Waals surface area contributed by atoms with Crippen LogP contribution in [0.2, 0.25) is 0 Å². The fourth-order valence-electron chi connectivity index (χ4n) is 1.81. The van der Waals surface area contributed by atoms with Crippen molar-refractivity contribution in [2.75, 3.05) is 7.11 Å². The van der Waals surface area contributed by atoms with Gasteiger partial charge in [-0.1, -0.05) is 19.3 Å². The van der Waals surface area contributed by atoms with E-state index in [1.165, 1.54) is 12.5 Å². The first-order chi connectivity index (χ1) is 6.18. The van der Waals surface area contributed by atoms with Crippen molar-refractivity contribution in [2.24, 2.45) is 0 Å². The number of rotatable bonds is 3. The van der Waals surface area contributed by atoms with E-state index in [1.54, 1.807) is 13.2 Å². The molecule has 0 aromatic heterocycles. The highest BCUT2D eigenvalue weighted by molar-refractivity contribution is 5.79. The van der Waals surface area contributed by atoms with E-state index >= 15 is 0 Å².